The van der Waals surface area contributed by atoms with Gasteiger partial charge in [-0.15, -0.1) is 0 Å². The number of benzene rings is 1. The van der Waals surface area contributed by atoms with Crippen molar-refractivity contribution in [3.63, 3.8) is 0 Å². The van der Waals surface area contributed by atoms with Crippen LogP contribution in [0.25, 0.3) is 0 Å². The Hall–Kier alpha value is -1.88. The van der Waals surface area contributed by atoms with Crippen LogP contribution in [0.15, 0.2) is 41.0 Å². The highest BCUT2D eigenvalue weighted by Crippen LogP contribution is 2.23. The number of halogens is 1. The van der Waals surface area contributed by atoms with Crippen LogP contribution in [0.1, 0.15) is 42.1 Å². The zero-order valence-corrected chi connectivity index (χ0v) is 15.1. The lowest BCUT2D eigenvalue weighted by molar-refractivity contribution is 0.102. The molecule has 23 heavy (non-hydrogen) atoms. The third-order valence-electron chi connectivity index (χ3n) is 3.48. The second-order valence-electron chi connectivity index (χ2n) is 5.50. The van der Waals surface area contributed by atoms with E-state index in [2.05, 4.69) is 38.5 Å². The summed E-state index contributed by atoms with van der Waals surface area (Å²) < 4.78 is 0.869. The number of aryl methyl sites for hydroxylation is 1. The lowest BCUT2D eigenvalue weighted by atomic mass is 10.2. The molecule has 0 fully saturated rings. The molecular weight excluding hydrogens is 354 g/mol. The summed E-state index contributed by atoms with van der Waals surface area (Å²) in [6, 6.07) is 9.44. The first-order chi connectivity index (χ1) is 11.1. The van der Waals surface area contributed by atoms with Crippen LogP contribution in [-0.4, -0.2) is 17.4 Å². The highest BCUT2D eigenvalue weighted by Gasteiger charge is 2.09. The highest BCUT2D eigenvalue weighted by atomic mass is 79.9. The molecule has 1 aromatic carbocycles. The molecule has 1 amide bonds. The van der Waals surface area contributed by atoms with Crippen molar-refractivity contribution in [3.8, 4) is 0 Å². The monoisotopic (exact) mass is 375 g/mol. The number of hydrogen-bond acceptors (Lipinski definition) is 3. The Balaban J connectivity index is 1.94. The average molecular weight is 376 g/mol. The van der Waals surface area contributed by atoms with E-state index in [9.17, 15) is 4.79 Å². The molecule has 5 heteroatoms. The van der Waals surface area contributed by atoms with E-state index in [0.717, 1.165) is 34.5 Å². The Labute approximate surface area is 145 Å². The van der Waals surface area contributed by atoms with Gasteiger partial charge in [0.25, 0.3) is 5.91 Å². The van der Waals surface area contributed by atoms with Crippen molar-refractivity contribution in [2.45, 2.75) is 33.1 Å². The Kier molecular flexibility index (Phi) is 6.59. The summed E-state index contributed by atoms with van der Waals surface area (Å²) in [4.78, 5) is 16.6. The zero-order chi connectivity index (χ0) is 16.7. The van der Waals surface area contributed by atoms with E-state index >= 15 is 0 Å². The second-order valence-corrected chi connectivity index (χ2v) is 6.36. The smallest absolute Gasteiger partial charge is 0.257 e. The molecule has 0 aliphatic heterocycles. The fourth-order valence-corrected chi connectivity index (χ4v) is 2.73. The summed E-state index contributed by atoms with van der Waals surface area (Å²) in [5.74, 6) is 0.633. The van der Waals surface area contributed by atoms with Crippen LogP contribution >= 0.6 is 15.9 Å². The number of unbranched alkanes of at least 4 members (excludes halogenated alkanes) is 2. The summed E-state index contributed by atoms with van der Waals surface area (Å²) in [6.45, 7) is 5.09. The fraction of sp³-hybridized carbons (Fsp3) is 0.333. The summed E-state index contributed by atoms with van der Waals surface area (Å²) in [6.07, 6.45) is 5.13. The number of hydrogen-bond donors (Lipinski definition) is 2. The molecule has 1 aromatic heterocycles. The van der Waals surface area contributed by atoms with Crippen LogP contribution in [0.2, 0.25) is 0 Å². The molecule has 0 radical (unpaired) electrons. The minimum Gasteiger partial charge on any atom is -0.370 e. The van der Waals surface area contributed by atoms with Gasteiger partial charge in [-0.25, -0.2) is 4.98 Å². The zero-order valence-electron chi connectivity index (χ0n) is 13.5. The van der Waals surface area contributed by atoms with Gasteiger partial charge >= 0.3 is 0 Å². The normalized spacial score (nSPS) is 10.4. The van der Waals surface area contributed by atoms with Crippen molar-refractivity contribution in [2.75, 3.05) is 17.2 Å². The molecular formula is C18H22BrN3O. The maximum absolute atomic E-state index is 12.3. The standard InChI is InChI=1S/C18H22BrN3O/c1-3-4-5-10-20-17-9-7-14(12-21-17)18(23)22-16-8-6-13(2)11-15(16)19/h6-9,11-12H,3-5,10H2,1-2H3,(H,20,21)(H,22,23). The molecule has 1 heterocycles. The Morgan fingerprint density at radius 2 is 2.04 bits per heavy atom. The second kappa shape index (κ2) is 8.67. The maximum atomic E-state index is 12.3. The molecule has 0 saturated heterocycles. The molecule has 2 rings (SSSR count). The Morgan fingerprint density at radius 3 is 2.70 bits per heavy atom. The Bertz CT molecular complexity index is 656. The molecule has 0 unspecified atom stereocenters. The van der Waals surface area contributed by atoms with Crippen molar-refractivity contribution in [1.29, 1.82) is 0 Å². The minimum atomic E-state index is -0.167. The van der Waals surface area contributed by atoms with Crippen molar-refractivity contribution in [1.82, 2.24) is 4.98 Å². The van der Waals surface area contributed by atoms with E-state index in [-0.39, 0.29) is 5.91 Å². The van der Waals surface area contributed by atoms with Crippen LogP contribution in [-0.2, 0) is 0 Å². The van der Waals surface area contributed by atoms with Crippen LogP contribution in [0.5, 0.6) is 0 Å². The molecule has 0 aliphatic rings. The number of rotatable bonds is 7. The average Bonchev–Trinajstić information content (AvgIpc) is 2.55. The van der Waals surface area contributed by atoms with Crippen molar-refractivity contribution < 1.29 is 4.79 Å². The highest BCUT2D eigenvalue weighted by molar-refractivity contribution is 9.10. The molecule has 2 N–H and O–H groups in total. The molecule has 4 nitrogen and oxygen atoms in total. The molecule has 0 spiro atoms. The third-order valence-corrected chi connectivity index (χ3v) is 4.14. The van der Waals surface area contributed by atoms with Crippen LogP contribution < -0.4 is 10.6 Å². The molecule has 0 atom stereocenters. The van der Waals surface area contributed by atoms with Gasteiger partial charge in [-0.1, -0.05) is 25.8 Å². The third kappa shape index (κ3) is 5.36. The minimum absolute atomic E-state index is 0.167. The quantitative estimate of drug-likeness (QED) is 0.668. The number of pyridine rings is 1. The first-order valence-electron chi connectivity index (χ1n) is 7.87. The topological polar surface area (TPSA) is 54.0 Å². The fourth-order valence-electron chi connectivity index (χ4n) is 2.14. The number of aromatic nitrogens is 1. The molecule has 0 bridgehead atoms. The van der Waals surface area contributed by atoms with E-state index in [0.29, 0.717) is 5.56 Å². The number of amides is 1. The predicted octanol–water partition coefficient (Wildman–Crippen LogP) is 5.01. The van der Waals surface area contributed by atoms with Crippen molar-refractivity contribution in [2.24, 2.45) is 0 Å². The van der Waals surface area contributed by atoms with Gasteiger partial charge in [0.05, 0.1) is 11.3 Å². The first-order valence-corrected chi connectivity index (χ1v) is 8.67. The van der Waals surface area contributed by atoms with Gasteiger partial charge in [0, 0.05) is 17.2 Å². The van der Waals surface area contributed by atoms with E-state index in [4.69, 9.17) is 0 Å². The van der Waals surface area contributed by atoms with E-state index in [1.54, 1.807) is 12.3 Å². The first kappa shape index (κ1) is 17.5. The molecule has 2 aromatic rings. The molecule has 0 aliphatic carbocycles. The number of nitrogens with one attached hydrogen (secondary N) is 2. The van der Waals surface area contributed by atoms with Gasteiger partial charge in [-0.2, -0.15) is 0 Å². The maximum Gasteiger partial charge on any atom is 0.257 e. The summed E-state index contributed by atoms with van der Waals surface area (Å²) >= 11 is 3.46. The molecule has 122 valence electrons. The lowest BCUT2D eigenvalue weighted by Gasteiger charge is -2.09. The summed E-state index contributed by atoms with van der Waals surface area (Å²) in [5.41, 5.74) is 2.42. The SMILES string of the molecule is CCCCCNc1ccc(C(=O)Nc2ccc(C)cc2Br)cn1. The van der Waals surface area contributed by atoms with Gasteiger partial charge < -0.3 is 10.6 Å². The van der Waals surface area contributed by atoms with E-state index in [1.807, 2.05) is 31.2 Å². The lowest BCUT2D eigenvalue weighted by Crippen LogP contribution is -2.13. The number of nitrogens with zero attached hydrogens (tertiary/aromatic N) is 1. The van der Waals surface area contributed by atoms with Crippen LogP contribution in [0, 0.1) is 6.92 Å². The van der Waals surface area contributed by atoms with Gasteiger partial charge in [0.15, 0.2) is 0 Å². The molecule has 0 saturated carbocycles. The van der Waals surface area contributed by atoms with Gasteiger partial charge in [0.2, 0.25) is 0 Å². The van der Waals surface area contributed by atoms with Crippen molar-refractivity contribution >= 4 is 33.3 Å². The van der Waals surface area contributed by atoms with E-state index in [1.165, 1.54) is 12.8 Å². The van der Waals surface area contributed by atoms with E-state index < -0.39 is 0 Å². The Morgan fingerprint density at radius 1 is 1.22 bits per heavy atom. The van der Waals surface area contributed by atoms with Crippen LogP contribution in [0.3, 0.4) is 0 Å². The van der Waals surface area contributed by atoms with Gasteiger partial charge in [-0.05, 0) is 59.1 Å². The largest absolute Gasteiger partial charge is 0.370 e. The number of anilines is 2. The van der Waals surface area contributed by atoms with Gasteiger partial charge in [0.1, 0.15) is 5.82 Å². The summed E-state index contributed by atoms with van der Waals surface area (Å²) in [5, 5.41) is 6.15. The number of carbonyl (C=O) groups is 1. The summed E-state index contributed by atoms with van der Waals surface area (Å²) in [7, 11) is 0. The van der Waals surface area contributed by atoms with Crippen LogP contribution in [0.4, 0.5) is 11.5 Å². The number of carbonyl (C=O) groups excluding carboxylic acids is 1. The predicted molar refractivity (Wildman–Crippen MR) is 99.1 cm³/mol. The van der Waals surface area contributed by atoms with Crippen molar-refractivity contribution in [3.05, 3.63) is 52.1 Å². The van der Waals surface area contributed by atoms with Gasteiger partial charge in [-0.3, -0.25) is 4.79 Å².